The molecule has 1 aromatic heterocycles. The first-order valence-electron chi connectivity index (χ1n) is 7.41. The summed E-state index contributed by atoms with van der Waals surface area (Å²) in [5.41, 5.74) is 0.661. The highest BCUT2D eigenvalue weighted by Gasteiger charge is 2.20. The SMILES string of the molecule is CCC[C@@H](C)C(=O)N[C@H](C)c1nc(-c2ccc(F)cc2)no1. The van der Waals surface area contributed by atoms with Crippen molar-refractivity contribution in [2.45, 2.75) is 39.7 Å². The maximum absolute atomic E-state index is 12.9. The molecule has 5 nitrogen and oxygen atoms in total. The molecule has 0 saturated heterocycles. The van der Waals surface area contributed by atoms with Gasteiger partial charge in [-0.2, -0.15) is 4.98 Å². The molecule has 6 heteroatoms. The number of nitrogens with zero attached hydrogens (tertiary/aromatic N) is 2. The number of carbonyl (C=O) groups is 1. The van der Waals surface area contributed by atoms with Crippen molar-refractivity contribution >= 4 is 5.91 Å². The fraction of sp³-hybridized carbons (Fsp3) is 0.438. The third-order valence-corrected chi connectivity index (χ3v) is 3.44. The van der Waals surface area contributed by atoms with Crippen molar-refractivity contribution in [1.82, 2.24) is 15.5 Å². The molecule has 1 amide bonds. The van der Waals surface area contributed by atoms with Gasteiger partial charge < -0.3 is 9.84 Å². The van der Waals surface area contributed by atoms with Gasteiger partial charge in [-0.1, -0.05) is 25.4 Å². The van der Waals surface area contributed by atoms with Crippen molar-refractivity contribution in [1.29, 1.82) is 0 Å². The number of benzene rings is 1. The highest BCUT2D eigenvalue weighted by molar-refractivity contribution is 5.78. The zero-order valence-electron chi connectivity index (χ0n) is 13.0. The molecule has 1 aromatic carbocycles. The van der Waals surface area contributed by atoms with Gasteiger partial charge in [0.2, 0.25) is 17.6 Å². The van der Waals surface area contributed by atoms with E-state index in [1.54, 1.807) is 19.1 Å². The van der Waals surface area contributed by atoms with Gasteiger partial charge in [-0.15, -0.1) is 0 Å². The molecule has 22 heavy (non-hydrogen) atoms. The lowest BCUT2D eigenvalue weighted by atomic mass is 10.1. The third kappa shape index (κ3) is 3.90. The fourth-order valence-corrected chi connectivity index (χ4v) is 2.11. The molecule has 0 bridgehead atoms. The first-order chi connectivity index (χ1) is 10.5. The van der Waals surface area contributed by atoms with E-state index in [-0.39, 0.29) is 23.7 Å². The van der Waals surface area contributed by atoms with Gasteiger partial charge in [0, 0.05) is 11.5 Å². The lowest BCUT2D eigenvalue weighted by Crippen LogP contribution is -2.31. The first-order valence-corrected chi connectivity index (χ1v) is 7.41. The Labute approximate surface area is 128 Å². The standard InChI is InChI=1S/C16H20FN3O2/c1-4-5-10(2)15(21)18-11(3)16-19-14(20-22-16)12-6-8-13(17)9-7-12/h6-11H,4-5H2,1-3H3,(H,18,21)/t10-,11-/m1/s1. The van der Waals surface area contributed by atoms with E-state index in [1.165, 1.54) is 12.1 Å². The Balaban J connectivity index is 2.04. The van der Waals surface area contributed by atoms with Crippen molar-refractivity contribution in [3.8, 4) is 11.4 Å². The van der Waals surface area contributed by atoms with Gasteiger partial charge in [-0.3, -0.25) is 4.79 Å². The number of aromatic nitrogens is 2. The number of carbonyl (C=O) groups excluding carboxylic acids is 1. The van der Waals surface area contributed by atoms with Crippen LogP contribution in [-0.2, 0) is 4.79 Å². The molecule has 2 atom stereocenters. The molecule has 1 heterocycles. The predicted molar refractivity (Wildman–Crippen MR) is 80.3 cm³/mol. The van der Waals surface area contributed by atoms with E-state index in [0.29, 0.717) is 17.3 Å². The highest BCUT2D eigenvalue weighted by atomic mass is 19.1. The Morgan fingerprint density at radius 3 is 2.64 bits per heavy atom. The second kappa shape index (κ2) is 7.15. The van der Waals surface area contributed by atoms with Gasteiger partial charge in [0.15, 0.2) is 0 Å². The van der Waals surface area contributed by atoms with Crippen molar-refractivity contribution in [3.05, 3.63) is 36.0 Å². The van der Waals surface area contributed by atoms with E-state index in [2.05, 4.69) is 15.5 Å². The Morgan fingerprint density at radius 1 is 1.32 bits per heavy atom. The Morgan fingerprint density at radius 2 is 2.00 bits per heavy atom. The quantitative estimate of drug-likeness (QED) is 0.887. The molecule has 0 aliphatic heterocycles. The third-order valence-electron chi connectivity index (χ3n) is 3.44. The summed E-state index contributed by atoms with van der Waals surface area (Å²) in [5.74, 6) is 0.301. The van der Waals surface area contributed by atoms with Crippen LogP contribution in [0.4, 0.5) is 4.39 Å². The highest BCUT2D eigenvalue weighted by Crippen LogP contribution is 2.19. The summed E-state index contributed by atoms with van der Waals surface area (Å²) in [4.78, 5) is 16.2. The van der Waals surface area contributed by atoms with E-state index in [1.807, 2.05) is 13.8 Å². The molecule has 1 N–H and O–H groups in total. The molecule has 2 rings (SSSR count). The van der Waals surface area contributed by atoms with Gasteiger partial charge in [0.05, 0.1) is 0 Å². The minimum absolute atomic E-state index is 0.0316. The Kier molecular flexibility index (Phi) is 5.25. The van der Waals surface area contributed by atoms with Crippen LogP contribution in [-0.4, -0.2) is 16.0 Å². The van der Waals surface area contributed by atoms with Crippen molar-refractivity contribution in [3.63, 3.8) is 0 Å². The lowest BCUT2D eigenvalue weighted by Gasteiger charge is -2.14. The maximum atomic E-state index is 12.9. The van der Waals surface area contributed by atoms with Gasteiger partial charge in [-0.25, -0.2) is 4.39 Å². The summed E-state index contributed by atoms with van der Waals surface area (Å²) < 4.78 is 18.1. The second-order valence-electron chi connectivity index (χ2n) is 5.38. The molecule has 0 radical (unpaired) electrons. The van der Waals surface area contributed by atoms with Crippen LogP contribution in [0.3, 0.4) is 0 Å². The molecular weight excluding hydrogens is 285 g/mol. The lowest BCUT2D eigenvalue weighted by molar-refractivity contribution is -0.125. The molecule has 2 aromatic rings. The van der Waals surface area contributed by atoms with Crippen LogP contribution in [0.5, 0.6) is 0 Å². The molecule has 118 valence electrons. The summed E-state index contributed by atoms with van der Waals surface area (Å²) in [5, 5.41) is 6.73. The van der Waals surface area contributed by atoms with Crippen molar-refractivity contribution in [2.75, 3.05) is 0 Å². The van der Waals surface area contributed by atoms with Gasteiger partial charge in [0.1, 0.15) is 11.9 Å². The molecule has 0 unspecified atom stereocenters. The van der Waals surface area contributed by atoms with Crippen LogP contribution in [0.2, 0.25) is 0 Å². The molecule has 0 aliphatic carbocycles. The number of rotatable bonds is 6. The largest absolute Gasteiger partial charge is 0.344 e. The average Bonchev–Trinajstić information content (AvgIpc) is 2.98. The van der Waals surface area contributed by atoms with Gasteiger partial charge >= 0.3 is 0 Å². The van der Waals surface area contributed by atoms with Crippen LogP contribution < -0.4 is 5.32 Å². The Bertz CT molecular complexity index is 625. The Hall–Kier alpha value is -2.24. The summed E-state index contributed by atoms with van der Waals surface area (Å²) in [7, 11) is 0. The second-order valence-corrected chi connectivity index (χ2v) is 5.38. The van der Waals surface area contributed by atoms with Crippen LogP contribution in [0.25, 0.3) is 11.4 Å². The topological polar surface area (TPSA) is 68.0 Å². The van der Waals surface area contributed by atoms with E-state index in [0.717, 1.165) is 12.8 Å². The molecule has 0 fully saturated rings. The van der Waals surface area contributed by atoms with Crippen LogP contribution in [0, 0.1) is 11.7 Å². The molecule has 0 spiro atoms. The van der Waals surface area contributed by atoms with Gasteiger partial charge in [-0.05, 0) is 37.6 Å². The predicted octanol–water partition coefficient (Wildman–Crippen LogP) is 3.49. The van der Waals surface area contributed by atoms with E-state index < -0.39 is 0 Å². The summed E-state index contributed by atoms with van der Waals surface area (Å²) in [6.07, 6.45) is 1.79. The van der Waals surface area contributed by atoms with Crippen molar-refractivity contribution < 1.29 is 13.7 Å². The summed E-state index contributed by atoms with van der Waals surface area (Å²) in [6.45, 7) is 5.72. The smallest absolute Gasteiger partial charge is 0.249 e. The first kappa shape index (κ1) is 16.1. The number of halogens is 1. The monoisotopic (exact) mass is 305 g/mol. The van der Waals surface area contributed by atoms with Crippen LogP contribution in [0.1, 0.15) is 45.5 Å². The minimum Gasteiger partial charge on any atom is -0.344 e. The zero-order valence-corrected chi connectivity index (χ0v) is 13.0. The van der Waals surface area contributed by atoms with E-state index in [9.17, 15) is 9.18 Å². The summed E-state index contributed by atoms with van der Waals surface area (Å²) in [6, 6.07) is 5.47. The van der Waals surface area contributed by atoms with Gasteiger partial charge in [0.25, 0.3) is 0 Å². The normalized spacial score (nSPS) is 13.6. The van der Waals surface area contributed by atoms with Crippen LogP contribution >= 0.6 is 0 Å². The maximum Gasteiger partial charge on any atom is 0.249 e. The zero-order chi connectivity index (χ0) is 16.1. The van der Waals surface area contributed by atoms with E-state index >= 15 is 0 Å². The summed E-state index contributed by atoms with van der Waals surface area (Å²) >= 11 is 0. The van der Waals surface area contributed by atoms with Crippen LogP contribution in [0.15, 0.2) is 28.8 Å². The fourth-order valence-electron chi connectivity index (χ4n) is 2.11. The van der Waals surface area contributed by atoms with E-state index in [4.69, 9.17) is 4.52 Å². The number of hydrogen-bond acceptors (Lipinski definition) is 4. The number of hydrogen-bond donors (Lipinski definition) is 1. The molecule has 0 aliphatic rings. The molecular formula is C16H20FN3O2. The number of amides is 1. The number of nitrogens with one attached hydrogen (secondary N) is 1. The molecule has 0 saturated carbocycles. The minimum atomic E-state index is -0.367. The van der Waals surface area contributed by atoms with Crippen molar-refractivity contribution in [2.24, 2.45) is 5.92 Å². The average molecular weight is 305 g/mol.